The van der Waals surface area contributed by atoms with Gasteiger partial charge in [-0.2, -0.15) is 0 Å². The molecule has 2 aromatic rings. The molecule has 7 heteroatoms. The van der Waals surface area contributed by atoms with E-state index in [0.717, 1.165) is 48.3 Å². The van der Waals surface area contributed by atoms with Crippen LogP contribution in [0.15, 0.2) is 36.4 Å². The number of hydrogen-bond donors (Lipinski definition) is 3. The maximum absolute atomic E-state index is 14.9. The van der Waals surface area contributed by atoms with Gasteiger partial charge in [-0.05, 0) is 86.0 Å². The first-order valence-electron chi connectivity index (χ1n) is 10.0. The molecule has 2 aromatic carbocycles. The van der Waals surface area contributed by atoms with Crippen molar-refractivity contribution >= 4 is 22.9 Å². The van der Waals surface area contributed by atoms with Crippen molar-refractivity contribution in [3.05, 3.63) is 69.5 Å². The largest absolute Gasteiger partial charge is 0.316 e. The third-order valence-corrected chi connectivity index (χ3v) is 7.33. The van der Waals surface area contributed by atoms with Gasteiger partial charge in [0.05, 0.1) is 0 Å². The van der Waals surface area contributed by atoms with E-state index in [9.17, 15) is 13.2 Å². The van der Waals surface area contributed by atoms with Crippen molar-refractivity contribution in [3.8, 4) is 0 Å². The highest BCUT2D eigenvalue weighted by Crippen LogP contribution is 2.40. The average Bonchev–Trinajstić information content (AvgIpc) is 2.96. The first kappa shape index (κ1) is 20.9. The summed E-state index contributed by atoms with van der Waals surface area (Å²) in [5.74, 6) is 0.00361. The van der Waals surface area contributed by atoms with Gasteiger partial charge in [0.1, 0.15) is 5.82 Å². The molecule has 0 aliphatic heterocycles. The lowest BCUT2D eigenvalue weighted by Gasteiger charge is -2.41. The van der Waals surface area contributed by atoms with Crippen molar-refractivity contribution in [3.63, 3.8) is 0 Å². The van der Waals surface area contributed by atoms with Crippen LogP contribution < -0.4 is 10.0 Å². The molecule has 3 unspecified atom stereocenters. The van der Waals surface area contributed by atoms with Crippen molar-refractivity contribution in [2.24, 2.45) is 0 Å². The normalized spacial score (nSPS) is 23.4. The van der Waals surface area contributed by atoms with E-state index < -0.39 is 16.8 Å². The number of fused-ring (bicyclic) bond motifs is 1. The third-order valence-electron chi connectivity index (χ3n) is 6.49. The van der Waals surface area contributed by atoms with E-state index in [1.54, 1.807) is 6.07 Å². The maximum atomic E-state index is 14.9. The Bertz CT molecular complexity index is 935. The third kappa shape index (κ3) is 4.42. The monoisotopic (exact) mass is 436 g/mol. The minimum absolute atomic E-state index is 0.223. The standard InChI is InChI=1S/C22H26ClFN2O2S/c1-25-21-12-15-11-20(24)16(13-22(6-3-7-22)26-29(27)28)10-18(15)19(21)9-14-4-2-5-17(23)8-14/h2,4-5,8,10-11,19,21,25-26H,3,6-7,9,12-13H2,1H3,(H,27,28). The first-order chi connectivity index (χ1) is 13.9. The summed E-state index contributed by atoms with van der Waals surface area (Å²) in [4.78, 5) is 0. The zero-order chi connectivity index (χ0) is 20.6. The SMILES string of the molecule is CNC1Cc2cc(F)c(CC3(NS(=O)O)CCC3)cc2C1Cc1cccc(Cl)c1. The fourth-order valence-electron chi connectivity index (χ4n) is 4.87. The molecule has 0 heterocycles. The van der Waals surface area contributed by atoms with Gasteiger partial charge >= 0.3 is 0 Å². The number of benzene rings is 2. The van der Waals surface area contributed by atoms with Crippen LogP contribution in [0.4, 0.5) is 4.39 Å². The number of rotatable bonds is 7. The summed E-state index contributed by atoms with van der Waals surface area (Å²) in [7, 11) is 1.95. The van der Waals surface area contributed by atoms with Crippen molar-refractivity contribution in [2.75, 3.05) is 7.05 Å². The molecule has 156 valence electrons. The zero-order valence-electron chi connectivity index (χ0n) is 16.4. The van der Waals surface area contributed by atoms with Crippen LogP contribution in [-0.2, 0) is 30.5 Å². The van der Waals surface area contributed by atoms with Crippen molar-refractivity contribution in [2.45, 2.75) is 56.0 Å². The Morgan fingerprint density at radius 3 is 2.72 bits per heavy atom. The van der Waals surface area contributed by atoms with Crippen LogP contribution in [-0.4, -0.2) is 27.4 Å². The molecule has 29 heavy (non-hydrogen) atoms. The van der Waals surface area contributed by atoms with Gasteiger partial charge in [0.2, 0.25) is 11.3 Å². The summed E-state index contributed by atoms with van der Waals surface area (Å²) in [6.45, 7) is 0. The van der Waals surface area contributed by atoms with Gasteiger partial charge in [-0.3, -0.25) is 4.55 Å². The molecular formula is C22H26ClFN2O2S. The van der Waals surface area contributed by atoms with Crippen molar-refractivity contribution in [1.82, 2.24) is 10.0 Å². The van der Waals surface area contributed by atoms with Crippen LogP contribution >= 0.6 is 11.6 Å². The Hall–Kier alpha value is -1.31. The van der Waals surface area contributed by atoms with E-state index in [1.165, 1.54) is 5.56 Å². The van der Waals surface area contributed by atoms with E-state index >= 15 is 0 Å². The average molecular weight is 437 g/mol. The zero-order valence-corrected chi connectivity index (χ0v) is 18.0. The van der Waals surface area contributed by atoms with Crippen LogP contribution in [0.3, 0.4) is 0 Å². The number of nitrogens with one attached hydrogen (secondary N) is 2. The second-order valence-corrected chi connectivity index (χ2v) is 9.48. The molecule has 3 atom stereocenters. The van der Waals surface area contributed by atoms with Gasteiger partial charge in [0.25, 0.3) is 0 Å². The van der Waals surface area contributed by atoms with Gasteiger partial charge in [-0.25, -0.2) is 13.3 Å². The van der Waals surface area contributed by atoms with E-state index in [-0.39, 0.29) is 17.8 Å². The molecule has 1 saturated carbocycles. The second-order valence-electron chi connectivity index (χ2n) is 8.34. The Morgan fingerprint density at radius 1 is 1.31 bits per heavy atom. The van der Waals surface area contributed by atoms with E-state index in [1.807, 2.05) is 31.3 Å². The minimum atomic E-state index is -2.10. The highest BCUT2D eigenvalue weighted by Gasteiger charge is 2.40. The smallest absolute Gasteiger partial charge is 0.232 e. The first-order valence-corrected chi connectivity index (χ1v) is 11.5. The number of halogens is 2. The highest BCUT2D eigenvalue weighted by molar-refractivity contribution is 7.77. The lowest BCUT2D eigenvalue weighted by atomic mass is 9.73. The topological polar surface area (TPSA) is 61.4 Å². The molecule has 0 amide bonds. The quantitative estimate of drug-likeness (QED) is 0.571. The Labute approximate surface area is 178 Å². The molecular weight excluding hydrogens is 411 g/mol. The second kappa shape index (κ2) is 8.44. The van der Waals surface area contributed by atoms with Crippen molar-refractivity contribution < 1.29 is 13.2 Å². The summed E-state index contributed by atoms with van der Waals surface area (Å²) in [6, 6.07) is 11.8. The summed E-state index contributed by atoms with van der Waals surface area (Å²) in [5.41, 5.74) is 3.50. The predicted molar refractivity (Wildman–Crippen MR) is 115 cm³/mol. The summed E-state index contributed by atoms with van der Waals surface area (Å²) in [5, 5.41) is 4.11. The van der Waals surface area contributed by atoms with Crippen LogP contribution in [0.1, 0.15) is 47.4 Å². The molecule has 0 saturated heterocycles. The van der Waals surface area contributed by atoms with Gasteiger partial charge in [0.15, 0.2) is 0 Å². The van der Waals surface area contributed by atoms with Crippen LogP contribution in [0, 0.1) is 5.82 Å². The predicted octanol–water partition coefficient (Wildman–Crippen LogP) is 4.14. The van der Waals surface area contributed by atoms with E-state index in [2.05, 4.69) is 16.1 Å². The molecule has 0 radical (unpaired) electrons. The Kier molecular flexibility index (Phi) is 6.09. The Morgan fingerprint density at radius 2 is 2.10 bits per heavy atom. The molecule has 0 aromatic heterocycles. The van der Waals surface area contributed by atoms with Gasteiger partial charge in [0, 0.05) is 22.5 Å². The maximum Gasteiger partial charge on any atom is 0.232 e. The Balaban J connectivity index is 1.64. The van der Waals surface area contributed by atoms with Gasteiger partial charge in [-0.15, -0.1) is 0 Å². The fourth-order valence-corrected chi connectivity index (χ4v) is 5.73. The van der Waals surface area contributed by atoms with E-state index in [4.69, 9.17) is 11.6 Å². The molecule has 0 bridgehead atoms. The summed E-state index contributed by atoms with van der Waals surface area (Å²) >= 11 is 4.06. The molecule has 2 aliphatic rings. The van der Waals surface area contributed by atoms with Gasteiger partial charge < -0.3 is 5.32 Å². The lowest BCUT2D eigenvalue weighted by Crippen LogP contribution is -2.53. The molecule has 2 aliphatic carbocycles. The molecule has 0 spiro atoms. The fraction of sp³-hybridized carbons (Fsp3) is 0.455. The molecule has 3 N–H and O–H groups in total. The summed E-state index contributed by atoms with van der Waals surface area (Å²) in [6.07, 6.45) is 4.58. The van der Waals surface area contributed by atoms with Crippen molar-refractivity contribution in [1.29, 1.82) is 0 Å². The lowest BCUT2D eigenvalue weighted by molar-refractivity contribution is 0.217. The highest BCUT2D eigenvalue weighted by atomic mass is 35.5. The van der Waals surface area contributed by atoms with Crippen LogP contribution in [0.2, 0.25) is 5.02 Å². The van der Waals surface area contributed by atoms with Crippen LogP contribution in [0.25, 0.3) is 0 Å². The number of likely N-dealkylation sites (N-methyl/N-ethyl adjacent to an activating group) is 1. The molecule has 1 fully saturated rings. The molecule has 4 nitrogen and oxygen atoms in total. The molecule has 4 rings (SSSR count). The van der Waals surface area contributed by atoms with E-state index in [0.29, 0.717) is 12.0 Å². The summed E-state index contributed by atoms with van der Waals surface area (Å²) < 4.78 is 38.3. The van der Waals surface area contributed by atoms with Gasteiger partial charge in [-0.1, -0.05) is 29.8 Å². The number of hydrogen-bond acceptors (Lipinski definition) is 2. The minimum Gasteiger partial charge on any atom is -0.316 e. The van der Waals surface area contributed by atoms with Crippen LogP contribution in [0.5, 0.6) is 0 Å².